The van der Waals surface area contributed by atoms with Gasteiger partial charge in [-0.2, -0.15) is 0 Å². The Kier molecular flexibility index (Phi) is 8.58. The molecule has 4 rings (SSSR count). The zero-order chi connectivity index (χ0) is 27.1. The molecule has 0 saturated carbocycles. The minimum absolute atomic E-state index is 0.0436. The molecule has 1 aromatic heterocycles. The van der Waals surface area contributed by atoms with E-state index in [9.17, 15) is 14.4 Å². The molecular weight excluding hydrogens is 478 g/mol. The fraction of sp³-hybridized carbons (Fsp3) is 0.258. The SMILES string of the molecule is CCCCN(CC(=O)c1c(-c2ccccc2)[nH]n(-c2ccccc2CC)c1=O)C(=O)c1cccc(OC)c1. The Balaban J connectivity index is 1.77. The first-order valence-electron chi connectivity index (χ1n) is 12.9. The topological polar surface area (TPSA) is 84.4 Å². The molecule has 38 heavy (non-hydrogen) atoms. The molecule has 7 heteroatoms. The molecule has 1 heterocycles. The van der Waals surface area contributed by atoms with Crippen LogP contribution in [-0.4, -0.2) is 46.6 Å². The Bertz CT molecular complexity index is 1470. The molecule has 3 aromatic carbocycles. The fourth-order valence-electron chi connectivity index (χ4n) is 4.50. The molecule has 0 radical (unpaired) electrons. The summed E-state index contributed by atoms with van der Waals surface area (Å²) in [7, 11) is 1.54. The molecule has 0 aliphatic rings. The Morgan fingerprint density at radius 1 is 0.947 bits per heavy atom. The lowest BCUT2D eigenvalue weighted by Gasteiger charge is -2.22. The molecule has 196 valence electrons. The predicted molar refractivity (Wildman–Crippen MR) is 149 cm³/mol. The first-order valence-corrected chi connectivity index (χ1v) is 12.9. The number of hydrogen-bond donors (Lipinski definition) is 1. The van der Waals surface area contributed by atoms with Crippen LogP contribution < -0.4 is 10.3 Å². The lowest BCUT2D eigenvalue weighted by Crippen LogP contribution is -2.38. The number of unbranched alkanes of at least 4 members (excludes halogenated alkanes) is 1. The first kappa shape index (κ1) is 26.7. The number of aromatic nitrogens is 2. The third kappa shape index (κ3) is 5.62. The molecule has 0 unspecified atom stereocenters. The molecule has 0 spiro atoms. The number of para-hydroxylation sites is 1. The number of nitrogens with zero attached hydrogens (tertiary/aromatic N) is 2. The lowest BCUT2D eigenvalue weighted by atomic mass is 10.0. The standard InChI is InChI=1S/C31H33N3O4/c1-4-6-19-33(30(36)24-16-12-17-25(20-24)38-3)21-27(35)28-29(23-14-8-7-9-15-23)32-34(31(28)37)26-18-11-10-13-22(26)5-2/h7-18,20,32H,4-6,19,21H2,1-3H3. The number of hydrogen-bond acceptors (Lipinski definition) is 4. The summed E-state index contributed by atoms with van der Waals surface area (Å²) in [5.74, 6) is -0.128. The van der Waals surface area contributed by atoms with Crippen molar-refractivity contribution in [1.82, 2.24) is 14.7 Å². The van der Waals surface area contributed by atoms with E-state index in [2.05, 4.69) is 5.10 Å². The van der Waals surface area contributed by atoms with Crippen LogP contribution in [0.1, 0.15) is 53.0 Å². The second-order valence-corrected chi connectivity index (χ2v) is 9.09. The lowest BCUT2D eigenvalue weighted by molar-refractivity contribution is 0.0707. The van der Waals surface area contributed by atoms with Crippen molar-refractivity contribution >= 4 is 11.7 Å². The highest BCUT2D eigenvalue weighted by molar-refractivity contribution is 6.05. The number of nitrogens with one attached hydrogen (secondary N) is 1. The molecule has 0 aliphatic carbocycles. The van der Waals surface area contributed by atoms with Crippen LogP contribution in [0.5, 0.6) is 5.75 Å². The molecule has 1 amide bonds. The number of aryl methyl sites for hydroxylation is 1. The number of H-pyrrole nitrogens is 1. The van der Waals surface area contributed by atoms with E-state index in [-0.39, 0.29) is 18.0 Å². The second kappa shape index (κ2) is 12.2. The third-order valence-electron chi connectivity index (χ3n) is 6.57. The van der Waals surface area contributed by atoms with Crippen molar-refractivity contribution < 1.29 is 14.3 Å². The predicted octanol–water partition coefficient (Wildman–Crippen LogP) is 5.53. The van der Waals surface area contributed by atoms with Gasteiger partial charge in [-0.3, -0.25) is 19.5 Å². The number of Topliss-reactive ketones (excluding diaryl/α,β-unsaturated/α-hetero) is 1. The molecule has 0 aliphatic heterocycles. The van der Waals surface area contributed by atoms with Gasteiger partial charge in [0.2, 0.25) is 0 Å². The van der Waals surface area contributed by atoms with Gasteiger partial charge in [0, 0.05) is 17.7 Å². The quantitative estimate of drug-likeness (QED) is 0.269. The fourth-order valence-corrected chi connectivity index (χ4v) is 4.50. The van der Waals surface area contributed by atoms with Crippen LogP contribution in [0.4, 0.5) is 0 Å². The minimum atomic E-state index is -0.431. The Morgan fingerprint density at radius 3 is 2.39 bits per heavy atom. The van der Waals surface area contributed by atoms with Crippen molar-refractivity contribution in [2.24, 2.45) is 0 Å². The number of carbonyl (C=O) groups excluding carboxylic acids is 2. The third-order valence-corrected chi connectivity index (χ3v) is 6.57. The van der Waals surface area contributed by atoms with Gasteiger partial charge < -0.3 is 9.64 Å². The summed E-state index contributed by atoms with van der Waals surface area (Å²) in [4.78, 5) is 42.6. The number of carbonyl (C=O) groups is 2. The normalized spacial score (nSPS) is 10.8. The average molecular weight is 512 g/mol. The van der Waals surface area contributed by atoms with Gasteiger partial charge in [-0.1, -0.05) is 74.9 Å². The van der Waals surface area contributed by atoms with E-state index in [0.717, 1.165) is 30.4 Å². The summed E-state index contributed by atoms with van der Waals surface area (Å²) in [6.45, 7) is 4.24. The van der Waals surface area contributed by atoms with E-state index in [0.29, 0.717) is 29.2 Å². The van der Waals surface area contributed by atoms with Gasteiger partial charge in [-0.05, 0) is 42.7 Å². The summed E-state index contributed by atoms with van der Waals surface area (Å²) in [6, 6.07) is 23.8. The molecule has 0 fully saturated rings. The zero-order valence-electron chi connectivity index (χ0n) is 22.1. The highest BCUT2D eigenvalue weighted by atomic mass is 16.5. The Labute approximate surface area is 222 Å². The first-order chi connectivity index (χ1) is 18.5. The van der Waals surface area contributed by atoms with Crippen LogP contribution in [0.3, 0.4) is 0 Å². The molecule has 0 atom stereocenters. The monoisotopic (exact) mass is 511 g/mol. The van der Waals surface area contributed by atoms with Crippen LogP contribution >= 0.6 is 0 Å². The van der Waals surface area contributed by atoms with Crippen molar-refractivity contribution in [2.45, 2.75) is 33.1 Å². The van der Waals surface area contributed by atoms with Crippen LogP contribution in [0.2, 0.25) is 0 Å². The second-order valence-electron chi connectivity index (χ2n) is 9.09. The van der Waals surface area contributed by atoms with E-state index < -0.39 is 11.3 Å². The number of aromatic amines is 1. The summed E-state index contributed by atoms with van der Waals surface area (Å²) in [6.07, 6.45) is 2.32. The largest absolute Gasteiger partial charge is 0.497 e. The highest BCUT2D eigenvalue weighted by Gasteiger charge is 2.27. The molecule has 0 bridgehead atoms. The summed E-state index contributed by atoms with van der Waals surface area (Å²) in [5.41, 5.74) is 2.88. The molecule has 0 saturated heterocycles. The van der Waals surface area contributed by atoms with Crippen LogP contribution in [0.15, 0.2) is 83.7 Å². The molecular formula is C31H33N3O4. The van der Waals surface area contributed by atoms with Crippen LogP contribution in [-0.2, 0) is 6.42 Å². The van der Waals surface area contributed by atoms with Gasteiger partial charge >= 0.3 is 0 Å². The van der Waals surface area contributed by atoms with Gasteiger partial charge in [0.1, 0.15) is 11.3 Å². The zero-order valence-corrected chi connectivity index (χ0v) is 22.1. The van der Waals surface area contributed by atoms with Crippen LogP contribution in [0.25, 0.3) is 16.9 Å². The Morgan fingerprint density at radius 2 is 1.68 bits per heavy atom. The average Bonchev–Trinajstić information content (AvgIpc) is 3.32. The number of ether oxygens (including phenoxy) is 1. The number of ketones is 1. The van der Waals surface area contributed by atoms with Crippen molar-refractivity contribution in [2.75, 3.05) is 20.2 Å². The van der Waals surface area contributed by atoms with Gasteiger partial charge in [0.15, 0.2) is 5.78 Å². The Hall–Kier alpha value is -4.39. The van der Waals surface area contributed by atoms with Crippen molar-refractivity contribution in [1.29, 1.82) is 0 Å². The summed E-state index contributed by atoms with van der Waals surface area (Å²) < 4.78 is 6.71. The van der Waals surface area contributed by atoms with E-state index in [1.54, 1.807) is 31.4 Å². The highest BCUT2D eigenvalue weighted by Crippen LogP contribution is 2.23. The maximum absolute atomic E-state index is 13.8. The van der Waals surface area contributed by atoms with Gasteiger partial charge in [0.25, 0.3) is 11.5 Å². The number of amides is 1. The van der Waals surface area contributed by atoms with Crippen molar-refractivity contribution in [3.8, 4) is 22.7 Å². The summed E-state index contributed by atoms with van der Waals surface area (Å²) in [5, 5.41) is 3.19. The van der Waals surface area contributed by atoms with Gasteiger partial charge in [-0.15, -0.1) is 0 Å². The van der Waals surface area contributed by atoms with Crippen LogP contribution in [0, 0.1) is 0 Å². The number of rotatable bonds is 11. The van der Waals surface area contributed by atoms with E-state index in [1.165, 1.54) is 9.58 Å². The molecule has 4 aromatic rings. The van der Waals surface area contributed by atoms with Crippen molar-refractivity contribution in [3.63, 3.8) is 0 Å². The number of benzene rings is 3. The summed E-state index contributed by atoms with van der Waals surface area (Å²) >= 11 is 0. The maximum atomic E-state index is 13.8. The maximum Gasteiger partial charge on any atom is 0.282 e. The van der Waals surface area contributed by atoms with E-state index in [1.807, 2.05) is 68.4 Å². The molecule has 1 N–H and O–H groups in total. The number of methoxy groups -OCH3 is 1. The smallest absolute Gasteiger partial charge is 0.282 e. The minimum Gasteiger partial charge on any atom is -0.497 e. The van der Waals surface area contributed by atoms with E-state index >= 15 is 0 Å². The van der Waals surface area contributed by atoms with Gasteiger partial charge in [-0.25, -0.2) is 4.68 Å². The van der Waals surface area contributed by atoms with Gasteiger partial charge in [0.05, 0.1) is 25.0 Å². The van der Waals surface area contributed by atoms with Crippen molar-refractivity contribution in [3.05, 3.63) is 106 Å². The molecule has 7 nitrogen and oxygen atoms in total. The van der Waals surface area contributed by atoms with E-state index in [4.69, 9.17) is 4.74 Å².